The molecule has 25 heavy (non-hydrogen) atoms. The van der Waals surface area contributed by atoms with Crippen molar-refractivity contribution in [3.05, 3.63) is 0 Å². The van der Waals surface area contributed by atoms with Crippen LogP contribution in [0.4, 0.5) is 0 Å². The zero-order valence-electron chi connectivity index (χ0n) is 16.1. The van der Waals surface area contributed by atoms with Crippen molar-refractivity contribution in [2.24, 2.45) is 10.8 Å². The number of esters is 1. The van der Waals surface area contributed by atoms with Crippen molar-refractivity contribution in [3.8, 4) is 0 Å². The Hall–Kier alpha value is -1.14. The summed E-state index contributed by atoms with van der Waals surface area (Å²) in [6.45, 7) is 4.83. The molecule has 1 rings (SSSR count). The summed E-state index contributed by atoms with van der Waals surface area (Å²) in [7, 11) is 1.41. The summed E-state index contributed by atoms with van der Waals surface area (Å²) in [4.78, 5) is 25.2. The molecule has 6 heteroatoms. The first-order chi connectivity index (χ1) is 11.8. The van der Waals surface area contributed by atoms with Crippen LogP contribution in [0, 0.1) is 10.8 Å². The van der Waals surface area contributed by atoms with E-state index in [0.29, 0.717) is 25.9 Å². The second-order valence-electron chi connectivity index (χ2n) is 7.88. The predicted molar refractivity (Wildman–Crippen MR) is 95.9 cm³/mol. The summed E-state index contributed by atoms with van der Waals surface area (Å²) < 4.78 is 4.60. The Morgan fingerprint density at radius 2 is 1.32 bits per heavy atom. The van der Waals surface area contributed by atoms with Crippen LogP contribution in [0.15, 0.2) is 0 Å². The number of unbranched alkanes of at least 4 members (excludes halogenated alkanes) is 5. The van der Waals surface area contributed by atoms with E-state index in [1.54, 1.807) is 4.90 Å². The van der Waals surface area contributed by atoms with Crippen LogP contribution in [-0.4, -0.2) is 60.4 Å². The number of aliphatic hydroxyl groups is 2. The van der Waals surface area contributed by atoms with E-state index >= 15 is 0 Å². The van der Waals surface area contributed by atoms with Gasteiger partial charge in [0.15, 0.2) is 0 Å². The molecule has 1 saturated heterocycles. The normalized spacial score (nSPS) is 26.0. The van der Waals surface area contributed by atoms with Crippen LogP contribution in [0.5, 0.6) is 0 Å². The van der Waals surface area contributed by atoms with Gasteiger partial charge in [0.05, 0.1) is 20.3 Å². The third kappa shape index (κ3) is 5.96. The summed E-state index contributed by atoms with van der Waals surface area (Å²) >= 11 is 0. The smallest absolute Gasteiger partial charge is 0.305 e. The maximum atomic E-state index is 12.4. The highest BCUT2D eigenvalue weighted by Crippen LogP contribution is 2.45. The molecule has 0 aromatic carbocycles. The molecular weight excluding hydrogens is 322 g/mol. The lowest BCUT2D eigenvalue weighted by Crippen LogP contribution is -2.41. The number of carbonyl (C=O) groups excluding carboxylic acids is 2. The van der Waals surface area contributed by atoms with Gasteiger partial charge in [0.2, 0.25) is 5.91 Å². The van der Waals surface area contributed by atoms with Gasteiger partial charge in [0, 0.05) is 36.8 Å². The zero-order valence-corrected chi connectivity index (χ0v) is 16.1. The molecule has 0 radical (unpaired) electrons. The van der Waals surface area contributed by atoms with E-state index in [9.17, 15) is 19.8 Å². The molecule has 1 amide bonds. The van der Waals surface area contributed by atoms with Crippen LogP contribution in [0.3, 0.4) is 0 Å². The summed E-state index contributed by atoms with van der Waals surface area (Å²) in [6, 6.07) is 0. The van der Waals surface area contributed by atoms with Crippen molar-refractivity contribution in [2.75, 3.05) is 33.4 Å². The highest BCUT2D eigenvalue weighted by molar-refractivity contribution is 5.76. The number of methoxy groups -OCH3 is 1. The molecule has 1 aliphatic rings. The Kier molecular flexibility index (Phi) is 8.86. The number of hydrogen-bond donors (Lipinski definition) is 2. The number of nitrogens with zero attached hydrogens (tertiary/aromatic N) is 1. The van der Waals surface area contributed by atoms with E-state index in [0.717, 1.165) is 38.5 Å². The molecule has 6 nitrogen and oxygen atoms in total. The van der Waals surface area contributed by atoms with Gasteiger partial charge >= 0.3 is 5.97 Å². The largest absolute Gasteiger partial charge is 0.469 e. The van der Waals surface area contributed by atoms with Gasteiger partial charge in [0.25, 0.3) is 0 Å². The minimum absolute atomic E-state index is 0.0284. The van der Waals surface area contributed by atoms with Gasteiger partial charge in [-0.25, -0.2) is 0 Å². The van der Waals surface area contributed by atoms with Crippen molar-refractivity contribution in [2.45, 2.75) is 65.2 Å². The first-order valence-electron chi connectivity index (χ1n) is 9.38. The fraction of sp³-hybridized carbons (Fsp3) is 0.895. The van der Waals surface area contributed by atoms with Crippen molar-refractivity contribution in [3.63, 3.8) is 0 Å². The molecule has 2 unspecified atom stereocenters. The number of ether oxygens (including phenoxy) is 1. The Morgan fingerprint density at radius 1 is 0.880 bits per heavy atom. The molecule has 2 N–H and O–H groups in total. The lowest BCUT2D eigenvalue weighted by molar-refractivity contribution is -0.140. The summed E-state index contributed by atoms with van der Waals surface area (Å²) in [6.07, 6.45) is 6.88. The Bertz CT molecular complexity index is 424. The molecule has 0 bridgehead atoms. The fourth-order valence-electron chi connectivity index (χ4n) is 3.45. The summed E-state index contributed by atoms with van der Waals surface area (Å²) in [5.74, 6) is -0.0384. The molecule has 0 aromatic rings. The van der Waals surface area contributed by atoms with Crippen molar-refractivity contribution >= 4 is 11.9 Å². The van der Waals surface area contributed by atoms with E-state index in [-0.39, 0.29) is 25.1 Å². The quantitative estimate of drug-likeness (QED) is 0.437. The van der Waals surface area contributed by atoms with Crippen molar-refractivity contribution in [1.82, 2.24) is 4.90 Å². The average molecular weight is 357 g/mol. The van der Waals surface area contributed by atoms with Gasteiger partial charge in [-0.2, -0.15) is 0 Å². The highest BCUT2D eigenvalue weighted by Gasteiger charge is 2.52. The van der Waals surface area contributed by atoms with Crippen LogP contribution < -0.4 is 0 Å². The number of likely N-dealkylation sites (tertiary alicyclic amines) is 1. The van der Waals surface area contributed by atoms with Crippen LogP contribution >= 0.6 is 0 Å². The molecule has 0 aliphatic carbocycles. The minimum Gasteiger partial charge on any atom is -0.469 e. The second-order valence-corrected chi connectivity index (χ2v) is 7.88. The maximum Gasteiger partial charge on any atom is 0.305 e. The van der Waals surface area contributed by atoms with Crippen molar-refractivity contribution < 1.29 is 24.5 Å². The Morgan fingerprint density at radius 3 is 1.76 bits per heavy atom. The molecule has 146 valence electrons. The molecular formula is C19H35NO5. The number of amides is 1. The molecule has 0 aromatic heterocycles. The van der Waals surface area contributed by atoms with Crippen LogP contribution in [0.1, 0.15) is 65.2 Å². The molecule has 0 spiro atoms. The van der Waals surface area contributed by atoms with Gasteiger partial charge in [-0.1, -0.05) is 39.5 Å². The SMILES string of the molecule is COC(=O)CCCCCCCCC(=O)N1CC(C)(CO)C(C)(CO)C1. The number of hydrogen-bond acceptors (Lipinski definition) is 5. The lowest BCUT2D eigenvalue weighted by Gasteiger charge is -2.36. The maximum absolute atomic E-state index is 12.4. The third-order valence-electron chi connectivity index (χ3n) is 5.84. The van der Waals surface area contributed by atoms with Gasteiger partial charge in [-0.3, -0.25) is 9.59 Å². The predicted octanol–water partition coefficient (Wildman–Crippen LogP) is 2.12. The van der Waals surface area contributed by atoms with Gasteiger partial charge in [-0.15, -0.1) is 0 Å². The van der Waals surface area contributed by atoms with Gasteiger partial charge in [0.1, 0.15) is 0 Å². The third-order valence-corrected chi connectivity index (χ3v) is 5.84. The minimum atomic E-state index is -0.447. The highest BCUT2D eigenvalue weighted by atomic mass is 16.5. The molecule has 1 heterocycles. The van der Waals surface area contributed by atoms with Crippen LogP contribution in [-0.2, 0) is 14.3 Å². The topological polar surface area (TPSA) is 87.1 Å². The lowest BCUT2D eigenvalue weighted by atomic mass is 9.69. The van der Waals surface area contributed by atoms with Crippen LogP contribution in [0.2, 0.25) is 0 Å². The first kappa shape index (κ1) is 21.9. The number of rotatable bonds is 11. The second kappa shape index (κ2) is 10.1. The Balaban J connectivity index is 2.20. The zero-order chi connectivity index (χ0) is 18.9. The van der Waals surface area contributed by atoms with E-state index in [2.05, 4.69) is 4.74 Å². The summed E-state index contributed by atoms with van der Waals surface area (Å²) in [5, 5.41) is 19.4. The van der Waals surface area contributed by atoms with Crippen LogP contribution in [0.25, 0.3) is 0 Å². The molecule has 2 atom stereocenters. The molecule has 1 aliphatic heterocycles. The molecule has 0 saturated carbocycles. The number of aliphatic hydroxyl groups excluding tert-OH is 2. The van der Waals surface area contributed by atoms with Crippen molar-refractivity contribution in [1.29, 1.82) is 0 Å². The van der Waals surface area contributed by atoms with E-state index in [1.807, 2.05) is 13.8 Å². The number of carbonyl (C=O) groups is 2. The van der Waals surface area contributed by atoms with E-state index in [4.69, 9.17) is 0 Å². The first-order valence-corrected chi connectivity index (χ1v) is 9.38. The van der Waals surface area contributed by atoms with Gasteiger partial charge < -0.3 is 19.8 Å². The monoisotopic (exact) mass is 357 g/mol. The summed E-state index contributed by atoms with van der Waals surface area (Å²) in [5.41, 5.74) is -0.895. The van der Waals surface area contributed by atoms with E-state index in [1.165, 1.54) is 7.11 Å². The standard InChI is InChI=1S/C19H35NO5/c1-18(14-21)12-20(13-19(18,2)15-22)16(23)10-8-6-4-5-7-9-11-17(24)25-3/h21-22H,4-15H2,1-3H3. The van der Waals surface area contributed by atoms with E-state index < -0.39 is 10.8 Å². The Labute approximate surface area is 151 Å². The van der Waals surface area contributed by atoms with Gasteiger partial charge in [-0.05, 0) is 12.8 Å². The molecule has 1 fully saturated rings. The fourth-order valence-corrected chi connectivity index (χ4v) is 3.45. The average Bonchev–Trinajstić information content (AvgIpc) is 2.89.